The van der Waals surface area contributed by atoms with Gasteiger partial charge in [0.2, 0.25) is 0 Å². The molecule has 1 N–H and O–H groups in total. The van der Waals surface area contributed by atoms with Crippen molar-refractivity contribution in [3.8, 4) is 0 Å². The van der Waals surface area contributed by atoms with Gasteiger partial charge < -0.3 is 24.1 Å². The molecule has 48 heavy (non-hydrogen) atoms. The first-order valence-corrected chi connectivity index (χ1v) is 18.5. The number of unbranched alkanes of at least 4 members (excludes halogenated alkanes) is 2. The molecule has 0 atom stereocenters. The highest BCUT2D eigenvalue weighted by Crippen LogP contribution is 2.15. The summed E-state index contributed by atoms with van der Waals surface area (Å²) in [7, 11) is 2.04. The molecule has 2 aromatic heterocycles. The quantitative estimate of drug-likeness (QED) is 0.0773. The molecule has 0 amide bonds. The number of carbonyl (C=O) groups excluding carboxylic acids is 1. The van der Waals surface area contributed by atoms with Crippen LogP contribution in [0.1, 0.15) is 95.4 Å². The summed E-state index contributed by atoms with van der Waals surface area (Å²) in [4.78, 5) is 34.7. The summed E-state index contributed by atoms with van der Waals surface area (Å²) in [5.74, 6) is 1.89. The SMILES string of the molecule is CCCN(CCC)CCCCN(CCC(=O)OCCCCN(CC)CC)Cc1ccc(CN(Cc2ncc[nH]2)Cc2nccn2C)cc1. The largest absolute Gasteiger partial charge is 0.466 e. The summed E-state index contributed by atoms with van der Waals surface area (Å²) in [5, 5.41) is 0. The number of aromatic amines is 1. The third kappa shape index (κ3) is 15.4. The predicted octanol–water partition coefficient (Wildman–Crippen LogP) is 6.11. The Balaban J connectivity index is 1.55. The van der Waals surface area contributed by atoms with E-state index in [0.29, 0.717) is 19.6 Å². The van der Waals surface area contributed by atoms with Gasteiger partial charge in [0.25, 0.3) is 0 Å². The summed E-state index contributed by atoms with van der Waals surface area (Å²) in [5.41, 5.74) is 2.52. The molecule has 268 valence electrons. The Bertz CT molecular complexity index is 1220. The average molecular weight is 665 g/mol. The van der Waals surface area contributed by atoms with Crippen molar-refractivity contribution in [3.63, 3.8) is 0 Å². The number of aromatic nitrogens is 4. The first-order chi connectivity index (χ1) is 23.4. The van der Waals surface area contributed by atoms with E-state index in [1.54, 1.807) is 6.20 Å². The van der Waals surface area contributed by atoms with Crippen molar-refractivity contribution in [2.24, 2.45) is 7.05 Å². The van der Waals surface area contributed by atoms with Crippen LogP contribution in [0.4, 0.5) is 0 Å². The molecule has 0 aliphatic rings. The van der Waals surface area contributed by atoms with Gasteiger partial charge in [-0.05, 0) is 95.5 Å². The van der Waals surface area contributed by atoms with Gasteiger partial charge in [0, 0.05) is 51.5 Å². The van der Waals surface area contributed by atoms with Crippen LogP contribution in [0.2, 0.25) is 0 Å². The maximum Gasteiger partial charge on any atom is 0.307 e. The van der Waals surface area contributed by atoms with Crippen LogP contribution in [0.5, 0.6) is 0 Å². The number of nitrogens with one attached hydrogen (secondary N) is 1. The lowest BCUT2D eigenvalue weighted by Gasteiger charge is -2.24. The third-order valence-corrected chi connectivity index (χ3v) is 8.99. The summed E-state index contributed by atoms with van der Waals surface area (Å²) in [6.45, 7) is 20.9. The third-order valence-electron chi connectivity index (χ3n) is 8.99. The minimum atomic E-state index is -0.0837. The van der Waals surface area contributed by atoms with Gasteiger partial charge >= 0.3 is 5.97 Å². The van der Waals surface area contributed by atoms with Crippen molar-refractivity contribution < 1.29 is 9.53 Å². The Labute approximate surface area is 290 Å². The van der Waals surface area contributed by atoms with Crippen LogP contribution < -0.4 is 0 Å². The van der Waals surface area contributed by atoms with Gasteiger partial charge in [-0.25, -0.2) is 9.97 Å². The van der Waals surface area contributed by atoms with Crippen molar-refractivity contribution in [1.29, 1.82) is 0 Å². The second kappa shape index (κ2) is 23.3. The highest BCUT2D eigenvalue weighted by Gasteiger charge is 2.14. The van der Waals surface area contributed by atoms with Crippen LogP contribution in [0, 0.1) is 0 Å². The Morgan fingerprint density at radius 2 is 1.33 bits per heavy atom. The zero-order valence-electron chi connectivity index (χ0n) is 30.7. The molecule has 10 nitrogen and oxygen atoms in total. The summed E-state index contributed by atoms with van der Waals surface area (Å²) in [6, 6.07) is 8.96. The molecule has 0 saturated heterocycles. The summed E-state index contributed by atoms with van der Waals surface area (Å²) < 4.78 is 7.70. The van der Waals surface area contributed by atoms with Crippen LogP contribution in [-0.4, -0.2) is 104 Å². The van der Waals surface area contributed by atoms with Crippen molar-refractivity contribution in [3.05, 3.63) is 71.8 Å². The number of nitrogens with zero attached hydrogens (tertiary/aromatic N) is 7. The van der Waals surface area contributed by atoms with Gasteiger partial charge in [0.15, 0.2) is 0 Å². The fraction of sp³-hybridized carbons (Fsp3) is 0.658. The first-order valence-electron chi connectivity index (χ1n) is 18.5. The van der Waals surface area contributed by atoms with Gasteiger partial charge in [0.1, 0.15) is 11.6 Å². The minimum Gasteiger partial charge on any atom is -0.466 e. The van der Waals surface area contributed by atoms with Crippen molar-refractivity contribution in [2.75, 3.05) is 59.0 Å². The molecular weight excluding hydrogens is 600 g/mol. The van der Waals surface area contributed by atoms with E-state index in [0.717, 1.165) is 89.8 Å². The Kier molecular flexibility index (Phi) is 19.1. The maximum atomic E-state index is 12.7. The highest BCUT2D eigenvalue weighted by atomic mass is 16.5. The number of benzene rings is 1. The molecule has 0 saturated carbocycles. The van der Waals surface area contributed by atoms with E-state index in [4.69, 9.17) is 4.74 Å². The zero-order valence-corrected chi connectivity index (χ0v) is 30.7. The van der Waals surface area contributed by atoms with E-state index in [1.165, 1.54) is 43.5 Å². The standard InChI is InChI=1S/C38H64N8O2/c1-6-22-44(23-7-2)25-10-11-26-45(27-18-38(47)48-29-13-12-24-43(8-3)9-4)30-34-14-16-35(17-15-34)31-46(32-36-39-19-20-40-36)33-37-41-21-28-42(37)5/h14-17,19-21,28H,6-13,18,22-27,29-33H2,1-5H3,(H,39,40). The van der Waals surface area contributed by atoms with Crippen molar-refractivity contribution in [2.45, 2.75) is 98.8 Å². The maximum absolute atomic E-state index is 12.7. The number of aryl methyl sites for hydroxylation is 1. The van der Waals surface area contributed by atoms with E-state index < -0.39 is 0 Å². The fourth-order valence-electron chi connectivity index (χ4n) is 6.17. The number of ether oxygens (including phenoxy) is 1. The van der Waals surface area contributed by atoms with E-state index >= 15 is 0 Å². The molecule has 0 spiro atoms. The molecule has 1 aromatic carbocycles. The van der Waals surface area contributed by atoms with Gasteiger partial charge in [-0.15, -0.1) is 0 Å². The molecule has 0 unspecified atom stereocenters. The fourth-order valence-corrected chi connectivity index (χ4v) is 6.17. The molecular formula is C38H64N8O2. The Hall–Kier alpha value is -3.05. The average Bonchev–Trinajstić information content (AvgIpc) is 3.75. The predicted molar refractivity (Wildman–Crippen MR) is 195 cm³/mol. The van der Waals surface area contributed by atoms with Crippen LogP contribution >= 0.6 is 0 Å². The molecule has 0 aliphatic heterocycles. The second-order valence-electron chi connectivity index (χ2n) is 13.0. The highest BCUT2D eigenvalue weighted by molar-refractivity contribution is 5.69. The molecule has 2 heterocycles. The van der Waals surface area contributed by atoms with Crippen LogP contribution in [-0.2, 0) is 42.8 Å². The van der Waals surface area contributed by atoms with E-state index in [-0.39, 0.29) is 5.97 Å². The second-order valence-corrected chi connectivity index (χ2v) is 13.0. The van der Waals surface area contributed by atoms with Gasteiger partial charge in [-0.1, -0.05) is 52.0 Å². The van der Waals surface area contributed by atoms with Crippen molar-refractivity contribution >= 4 is 5.97 Å². The van der Waals surface area contributed by atoms with Crippen LogP contribution in [0.25, 0.3) is 0 Å². The van der Waals surface area contributed by atoms with Crippen molar-refractivity contribution in [1.82, 2.24) is 39.1 Å². The summed E-state index contributed by atoms with van der Waals surface area (Å²) >= 11 is 0. The Morgan fingerprint density at radius 3 is 1.92 bits per heavy atom. The number of hydrogen-bond donors (Lipinski definition) is 1. The van der Waals surface area contributed by atoms with Crippen LogP contribution in [0.3, 0.4) is 0 Å². The van der Waals surface area contributed by atoms with Gasteiger partial charge in [-0.3, -0.25) is 14.6 Å². The van der Waals surface area contributed by atoms with E-state index in [2.05, 4.69) is 91.1 Å². The lowest BCUT2D eigenvalue weighted by molar-refractivity contribution is -0.144. The van der Waals surface area contributed by atoms with Gasteiger partial charge in [-0.2, -0.15) is 0 Å². The molecule has 0 bridgehead atoms. The molecule has 0 aliphatic carbocycles. The first kappa shape index (κ1) is 39.4. The number of rotatable bonds is 27. The van der Waals surface area contributed by atoms with E-state index in [1.807, 2.05) is 25.6 Å². The number of H-pyrrole nitrogens is 1. The number of esters is 1. The van der Waals surface area contributed by atoms with E-state index in [9.17, 15) is 4.79 Å². The topological polar surface area (TPSA) is 85.8 Å². The van der Waals surface area contributed by atoms with Gasteiger partial charge in [0.05, 0.1) is 26.1 Å². The van der Waals surface area contributed by atoms with Crippen LogP contribution in [0.15, 0.2) is 49.1 Å². The molecule has 3 aromatic rings. The smallest absolute Gasteiger partial charge is 0.307 e. The number of hydrogen-bond acceptors (Lipinski definition) is 8. The number of carbonyl (C=O) groups is 1. The molecule has 10 heteroatoms. The monoisotopic (exact) mass is 665 g/mol. The number of imidazole rings is 2. The Morgan fingerprint density at radius 1 is 0.708 bits per heavy atom. The lowest BCUT2D eigenvalue weighted by Crippen LogP contribution is -2.30. The molecule has 0 radical (unpaired) electrons. The lowest BCUT2D eigenvalue weighted by atomic mass is 10.1. The molecule has 0 fully saturated rings. The normalized spacial score (nSPS) is 11.9. The molecule has 3 rings (SSSR count). The summed E-state index contributed by atoms with van der Waals surface area (Å²) in [6.07, 6.45) is 14.6. The minimum absolute atomic E-state index is 0.0837. The zero-order chi connectivity index (χ0) is 34.4.